The molecule has 0 unspecified atom stereocenters. The summed E-state index contributed by atoms with van der Waals surface area (Å²) in [5, 5.41) is 14.0. The van der Waals surface area contributed by atoms with Gasteiger partial charge in [0.05, 0.1) is 17.7 Å². The molecule has 3 aromatic rings. The molecule has 1 saturated heterocycles. The molecule has 1 aromatic carbocycles. The second-order valence-corrected chi connectivity index (χ2v) is 10.6. The Kier molecular flexibility index (Phi) is 7.19. The molecule has 0 spiro atoms. The van der Waals surface area contributed by atoms with Gasteiger partial charge < -0.3 is 9.72 Å². The maximum Gasteiger partial charge on any atom is 0.252 e. The monoisotopic (exact) mass is 466 g/mol. The Bertz CT molecular complexity index is 1180. The van der Waals surface area contributed by atoms with E-state index in [1.54, 1.807) is 0 Å². The van der Waals surface area contributed by atoms with Crippen molar-refractivity contribution < 1.29 is 4.74 Å². The van der Waals surface area contributed by atoms with Crippen LogP contribution in [0.25, 0.3) is 10.9 Å². The first-order valence-electron chi connectivity index (χ1n) is 12.5. The summed E-state index contributed by atoms with van der Waals surface area (Å²) < 4.78 is 7.98. The van der Waals surface area contributed by atoms with Gasteiger partial charge in [0, 0.05) is 30.8 Å². The van der Waals surface area contributed by atoms with E-state index in [4.69, 9.17) is 4.74 Å². The molecular weight excluding hydrogens is 428 g/mol. The van der Waals surface area contributed by atoms with Gasteiger partial charge in [-0.05, 0) is 80.0 Å². The predicted octanol–water partition coefficient (Wildman–Crippen LogP) is 4.35. The molecule has 0 bridgehead atoms. The van der Waals surface area contributed by atoms with Crippen molar-refractivity contribution in [3.63, 3.8) is 0 Å². The second-order valence-electron chi connectivity index (χ2n) is 10.6. The number of aromatic amines is 1. The van der Waals surface area contributed by atoms with E-state index in [2.05, 4.69) is 73.0 Å². The lowest BCUT2D eigenvalue weighted by Crippen LogP contribution is -2.41. The van der Waals surface area contributed by atoms with Crippen LogP contribution in [0.1, 0.15) is 76.9 Å². The Morgan fingerprint density at radius 3 is 2.76 bits per heavy atom. The van der Waals surface area contributed by atoms with Crippen molar-refractivity contribution in [1.29, 1.82) is 0 Å². The summed E-state index contributed by atoms with van der Waals surface area (Å²) in [6, 6.07) is 8.07. The van der Waals surface area contributed by atoms with Crippen LogP contribution < -0.4 is 5.56 Å². The highest BCUT2D eigenvalue weighted by atomic mass is 16.5. The summed E-state index contributed by atoms with van der Waals surface area (Å²) in [5.74, 6) is 1.08. The summed E-state index contributed by atoms with van der Waals surface area (Å²) in [6.45, 7) is 14.9. The number of nitrogens with one attached hydrogen (secondary N) is 1. The largest absolute Gasteiger partial charge is 0.377 e. The van der Waals surface area contributed by atoms with Crippen LogP contribution >= 0.6 is 0 Å². The van der Waals surface area contributed by atoms with Crippen LogP contribution in [-0.2, 0) is 16.8 Å². The summed E-state index contributed by atoms with van der Waals surface area (Å²) >= 11 is 0. The van der Waals surface area contributed by atoms with Gasteiger partial charge in [0.25, 0.3) is 5.56 Å². The van der Waals surface area contributed by atoms with Gasteiger partial charge >= 0.3 is 0 Å². The molecule has 0 saturated carbocycles. The predicted molar refractivity (Wildman–Crippen MR) is 134 cm³/mol. The molecule has 1 aliphatic heterocycles. The van der Waals surface area contributed by atoms with E-state index >= 15 is 0 Å². The minimum Gasteiger partial charge on any atom is -0.377 e. The van der Waals surface area contributed by atoms with Gasteiger partial charge in [-0.15, -0.1) is 5.10 Å². The van der Waals surface area contributed by atoms with Crippen LogP contribution in [0, 0.1) is 12.8 Å². The summed E-state index contributed by atoms with van der Waals surface area (Å²) in [7, 11) is 0. The molecule has 0 aliphatic carbocycles. The van der Waals surface area contributed by atoms with Gasteiger partial charge in [-0.3, -0.25) is 9.69 Å². The van der Waals surface area contributed by atoms with Crippen LogP contribution in [0.2, 0.25) is 0 Å². The Balaban J connectivity index is 1.76. The van der Waals surface area contributed by atoms with Crippen molar-refractivity contribution in [2.75, 3.05) is 13.2 Å². The SMILES string of the molecule is CCC(C)(C)n1nnnc1[C@@H](C(C)C)N(Cc1cc2cc(C)ccc2[nH]c1=O)C[C@H]1CCCO1. The highest BCUT2D eigenvalue weighted by molar-refractivity contribution is 5.79. The molecule has 1 N–H and O–H groups in total. The zero-order valence-corrected chi connectivity index (χ0v) is 21.3. The Morgan fingerprint density at radius 2 is 2.09 bits per heavy atom. The number of H-pyrrole nitrogens is 1. The third kappa shape index (κ3) is 5.08. The number of nitrogens with zero attached hydrogens (tertiary/aromatic N) is 5. The van der Waals surface area contributed by atoms with E-state index in [-0.39, 0.29) is 29.2 Å². The van der Waals surface area contributed by atoms with E-state index in [9.17, 15) is 4.79 Å². The molecule has 184 valence electrons. The molecular formula is C26H38N6O2. The molecule has 8 nitrogen and oxygen atoms in total. The zero-order chi connectivity index (χ0) is 24.5. The lowest BCUT2D eigenvalue weighted by atomic mass is 9.97. The van der Waals surface area contributed by atoms with Crippen molar-refractivity contribution in [2.45, 2.75) is 85.0 Å². The highest BCUT2D eigenvalue weighted by Crippen LogP contribution is 2.33. The smallest absolute Gasteiger partial charge is 0.252 e. The fourth-order valence-electron chi connectivity index (χ4n) is 4.88. The molecule has 0 radical (unpaired) electrons. The number of fused-ring (bicyclic) bond motifs is 1. The Morgan fingerprint density at radius 1 is 1.29 bits per heavy atom. The number of tetrazole rings is 1. The van der Waals surface area contributed by atoms with E-state index in [0.717, 1.165) is 54.7 Å². The van der Waals surface area contributed by atoms with E-state index in [0.29, 0.717) is 6.54 Å². The van der Waals surface area contributed by atoms with Gasteiger partial charge in [-0.25, -0.2) is 4.68 Å². The first kappa shape index (κ1) is 24.5. The number of pyridine rings is 1. The molecule has 3 heterocycles. The van der Waals surface area contributed by atoms with Gasteiger partial charge in [0.2, 0.25) is 0 Å². The first-order valence-corrected chi connectivity index (χ1v) is 12.5. The van der Waals surface area contributed by atoms with Crippen LogP contribution in [0.5, 0.6) is 0 Å². The van der Waals surface area contributed by atoms with E-state index in [1.807, 2.05) is 22.9 Å². The van der Waals surface area contributed by atoms with Crippen molar-refractivity contribution in [1.82, 2.24) is 30.1 Å². The molecule has 2 atom stereocenters. The number of benzene rings is 1. The second kappa shape index (κ2) is 9.96. The fourth-order valence-corrected chi connectivity index (χ4v) is 4.88. The molecule has 2 aromatic heterocycles. The normalized spacial score (nSPS) is 17.8. The Hall–Kier alpha value is -2.58. The summed E-state index contributed by atoms with van der Waals surface area (Å²) in [5.41, 5.74) is 2.52. The number of hydrogen-bond acceptors (Lipinski definition) is 6. The minimum absolute atomic E-state index is 0.0512. The van der Waals surface area contributed by atoms with Crippen LogP contribution in [0.4, 0.5) is 0 Å². The maximum atomic E-state index is 13.1. The summed E-state index contributed by atoms with van der Waals surface area (Å²) in [4.78, 5) is 18.5. The molecule has 8 heteroatoms. The third-order valence-corrected chi connectivity index (χ3v) is 7.13. The quantitative estimate of drug-likeness (QED) is 0.504. The molecule has 1 fully saturated rings. The number of rotatable bonds is 9. The van der Waals surface area contributed by atoms with Gasteiger partial charge in [0.1, 0.15) is 0 Å². The molecule has 0 amide bonds. The molecule has 1 aliphatic rings. The van der Waals surface area contributed by atoms with E-state index < -0.39 is 0 Å². The average Bonchev–Trinajstić information content (AvgIpc) is 3.47. The number of aryl methyl sites for hydroxylation is 1. The van der Waals surface area contributed by atoms with Crippen LogP contribution in [0.3, 0.4) is 0 Å². The number of aromatic nitrogens is 5. The molecule has 34 heavy (non-hydrogen) atoms. The number of ether oxygens (including phenoxy) is 1. The van der Waals surface area contributed by atoms with Gasteiger partial charge in [-0.2, -0.15) is 0 Å². The topological polar surface area (TPSA) is 88.9 Å². The molecule has 4 rings (SSSR count). The maximum absolute atomic E-state index is 13.1. The van der Waals surface area contributed by atoms with Gasteiger partial charge in [0.15, 0.2) is 5.82 Å². The van der Waals surface area contributed by atoms with Crippen molar-refractivity contribution in [3.8, 4) is 0 Å². The Labute approximate surface area is 201 Å². The third-order valence-electron chi connectivity index (χ3n) is 7.13. The van der Waals surface area contributed by atoms with Crippen molar-refractivity contribution >= 4 is 10.9 Å². The number of hydrogen-bond donors (Lipinski definition) is 1. The minimum atomic E-state index is -0.209. The summed E-state index contributed by atoms with van der Waals surface area (Å²) in [6.07, 6.45) is 3.15. The lowest BCUT2D eigenvalue weighted by Gasteiger charge is -2.36. The van der Waals surface area contributed by atoms with Gasteiger partial charge in [-0.1, -0.05) is 32.4 Å². The fraction of sp³-hybridized carbons (Fsp3) is 0.615. The van der Waals surface area contributed by atoms with Crippen molar-refractivity contribution in [2.24, 2.45) is 5.92 Å². The first-order chi connectivity index (χ1) is 16.2. The van der Waals surface area contributed by atoms with Crippen molar-refractivity contribution in [3.05, 3.63) is 51.6 Å². The standard InChI is InChI=1S/C26H38N6O2/c1-7-26(5,6)32-24(28-29-30-32)23(17(2)3)31(16-21-9-8-12-34-21)15-20-14-19-13-18(4)10-11-22(19)27-25(20)33/h10-11,13-14,17,21,23H,7-9,12,15-16H2,1-6H3,(H,27,33)/t21-,23-/m1/s1. The average molecular weight is 467 g/mol. The zero-order valence-electron chi connectivity index (χ0n) is 21.3. The van der Waals surface area contributed by atoms with E-state index in [1.165, 1.54) is 5.56 Å². The van der Waals surface area contributed by atoms with Crippen LogP contribution in [0.15, 0.2) is 29.1 Å². The van der Waals surface area contributed by atoms with Crippen LogP contribution in [-0.4, -0.2) is 49.3 Å². The lowest BCUT2D eigenvalue weighted by molar-refractivity contribution is 0.0368. The highest BCUT2D eigenvalue weighted by Gasteiger charge is 2.35.